The molecule has 0 radical (unpaired) electrons. The summed E-state index contributed by atoms with van der Waals surface area (Å²) in [5.41, 5.74) is 0.549. The van der Waals surface area contributed by atoms with Gasteiger partial charge in [0.15, 0.2) is 0 Å². The van der Waals surface area contributed by atoms with Gasteiger partial charge in [-0.1, -0.05) is 29.8 Å². The number of carboxylic acid groups (broad SMARTS) is 1. The van der Waals surface area contributed by atoms with Crippen LogP contribution in [0, 0.1) is 0 Å². The SMILES string of the molecule is O=C(CCOc1ccccc1Cl)Nc1cccc(C(=O)O)c1. The van der Waals surface area contributed by atoms with E-state index in [-0.39, 0.29) is 24.5 Å². The van der Waals surface area contributed by atoms with E-state index in [4.69, 9.17) is 21.4 Å². The third-order valence-electron chi connectivity index (χ3n) is 2.82. The Morgan fingerprint density at radius 1 is 1.14 bits per heavy atom. The molecule has 0 atom stereocenters. The molecule has 2 aromatic rings. The summed E-state index contributed by atoms with van der Waals surface area (Å²) in [6, 6.07) is 13.0. The number of aromatic carboxylic acids is 1. The molecule has 22 heavy (non-hydrogen) atoms. The highest BCUT2D eigenvalue weighted by atomic mass is 35.5. The smallest absolute Gasteiger partial charge is 0.335 e. The van der Waals surface area contributed by atoms with Crippen LogP contribution in [0.3, 0.4) is 0 Å². The Morgan fingerprint density at radius 2 is 1.91 bits per heavy atom. The monoisotopic (exact) mass is 319 g/mol. The van der Waals surface area contributed by atoms with Gasteiger partial charge in [0.25, 0.3) is 0 Å². The summed E-state index contributed by atoms with van der Waals surface area (Å²) >= 11 is 5.94. The van der Waals surface area contributed by atoms with Crippen LogP contribution in [0.4, 0.5) is 5.69 Å². The van der Waals surface area contributed by atoms with Crippen molar-refractivity contribution in [3.63, 3.8) is 0 Å². The molecular formula is C16H14ClNO4. The van der Waals surface area contributed by atoms with Gasteiger partial charge in [-0.3, -0.25) is 4.79 Å². The maximum atomic E-state index is 11.8. The molecule has 2 aromatic carbocycles. The number of benzene rings is 2. The van der Waals surface area contributed by atoms with Crippen molar-refractivity contribution in [3.05, 3.63) is 59.1 Å². The minimum Gasteiger partial charge on any atom is -0.491 e. The molecule has 0 aliphatic rings. The minimum absolute atomic E-state index is 0.116. The van der Waals surface area contributed by atoms with E-state index in [1.54, 1.807) is 36.4 Å². The molecule has 0 spiro atoms. The Morgan fingerprint density at radius 3 is 2.64 bits per heavy atom. The number of carbonyl (C=O) groups excluding carboxylic acids is 1. The van der Waals surface area contributed by atoms with Crippen molar-refractivity contribution in [2.75, 3.05) is 11.9 Å². The predicted molar refractivity (Wildman–Crippen MR) is 83.6 cm³/mol. The molecular weight excluding hydrogens is 306 g/mol. The van der Waals surface area contributed by atoms with Crippen molar-refractivity contribution in [2.24, 2.45) is 0 Å². The largest absolute Gasteiger partial charge is 0.491 e. The number of hydrogen-bond acceptors (Lipinski definition) is 3. The maximum Gasteiger partial charge on any atom is 0.335 e. The molecule has 6 heteroatoms. The van der Waals surface area contributed by atoms with Crippen LogP contribution in [-0.2, 0) is 4.79 Å². The van der Waals surface area contributed by atoms with Crippen LogP contribution in [0.1, 0.15) is 16.8 Å². The van der Waals surface area contributed by atoms with E-state index in [1.807, 2.05) is 0 Å². The predicted octanol–water partition coefficient (Wildman–Crippen LogP) is 3.45. The van der Waals surface area contributed by atoms with Crippen LogP contribution in [0.15, 0.2) is 48.5 Å². The zero-order chi connectivity index (χ0) is 15.9. The van der Waals surface area contributed by atoms with E-state index in [1.165, 1.54) is 12.1 Å². The fraction of sp³-hybridized carbons (Fsp3) is 0.125. The number of ether oxygens (including phenoxy) is 1. The summed E-state index contributed by atoms with van der Waals surface area (Å²) in [5, 5.41) is 12.0. The first kappa shape index (κ1) is 15.9. The number of rotatable bonds is 6. The second-order valence-corrected chi connectivity index (χ2v) is 4.87. The van der Waals surface area contributed by atoms with Gasteiger partial charge in [-0.25, -0.2) is 4.79 Å². The van der Waals surface area contributed by atoms with Gasteiger partial charge in [0.05, 0.1) is 23.6 Å². The van der Waals surface area contributed by atoms with Crippen LogP contribution >= 0.6 is 11.6 Å². The number of hydrogen-bond donors (Lipinski definition) is 2. The second kappa shape index (κ2) is 7.47. The number of para-hydroxylation sites is 1. The molecule has 0 heterocycles. The van der Waals surface area contributed by atoms with Gasteiger partial charge < -0.3 is 15.2 Å². The highest BCUT2D eigenvalue weighted by Crippen LogP contribution is 2.23. The maximum absolute atomic E-state index is 11.8. The van der Waals surface area contributed by atoms with E-state index in [2.05, 4.69) is 5.32 Å². The molecule has 0 bridgehead atoms. The second-order valence-electron chi connectivity index (χ2n) is 4.46. The van der Waals surface area contributed by atoms with Crippen molar-refractivity contribution in [1.82, 2.24) is 0 Å². The molecule has 0 aromatic heterocycles. The van der Waals surface area contributed by atoms with Gasteiger partial charge in [0.1, 0.15) is 5.75 Å². The Hall–Kier alpha value is -2.53. The Kier molecular flexibility index (Phi) is 5.38. The van der Waals surface area contributed by atoms with Crippen molar-refractivity contribution < 1.29 is 19.4 Å². The third-order valence-corrected chi connectivity index (χ3v) is 3.13. The lowest BCUT2D eigenvalue weighted by molar-refractivity contribution is -0.116. The summed E-state index contributed by atoms with van der Waals surface area (Å²) in [4.78, 5) is 22.7. The van der Waals surface area contributed by atoms with Crippen molar-refractivity contribution >= 4 is 29.2 Å². The molecule has 0 fully saturated rings. The number of nitrogens with one attached hydrogen (secondary N) is 1. The zero-order valence-corrected chi connectivity index (χ0v) is 12.3. The fourth-order valence-corrected chi connectivity index (χ4v) is 1.96. The summed E-state index contributed by atoms with van der Waals surface area (Å²) in [5.74, 6) is -0.794. The lowest BCUT2D eigenvalue weighted by Gasteiger charge is -2.08. The van der Waals surface area contributed by atoms with Crippen LogP contribution in [0.25, 0.3) is 0 Å². The van der Waals surface area contributed by atoms with E-state index >= 15 is 0 Å². The van der Waals surface area contributed by atoms with Crippen LogP contribution in [0.5, 0.6) is 5.75 Å². The number of carbonyl (C=O) groups is 2. The topological polar surface area (TPSA) is 75.6 Å². The van der Waals surface area contributed by atoms with Crippen molar-refractivity contribution in [3.8, 4) is 5.75 Å². The van der Waals surface area contributed by atoms with Gasteiger partial charge in [-0.15, -0.1) is 0 Å². The first-order valence-electron chi connectivity index (χ1n) is 6.57. The van der Waals surface area contributed by atoms with Gasteiger partial charge in [-0.2, -0.15) is 0 Å². The molecule has 0 aliphatic carbocycles. The van der Waals surface area contributed by atoms with Gasteiger partial charge in [0, 0.05) is 5.69 Å². The first-order chi connectivity index (χ1) is 10.6. The average Bonchev–Trinajstić information content (AvgIpc) is 2.49. The molecule has 0 saturated carbocycles. The van der Waals surface area contributed by atoms with E-state index < -0.39 is 5.97 Å². The van der Waals surface area contributed by atoms with Crippen molar-refractivity contribution in [2.45, 2.75) is 6.42 Å². The summed E-state index contributed by atoms with van der Waals surface area (Å²) in [7, 11) is 0. The molecule has 2 N–H and O–H groups in total. The standard InChI is InChI=1S/C16H14ClNO4/c17-13-6-1-2-7-14(13)22-9-8-15(19)18-12-5-3-4-11(10-12)16(20)21/h1-7,10H,8-9H2,(H,18,19)(H,20,21). The quantitative estimate of drug-likeness (QED) is 0.855. The van der Waals surface area contributed by atoms with Crippen molar-refractivity contribution in [1.29, 1.82) is 0 Å². The molecule has 2 rings (SSSR count). The molecule has 114 valence electrons. The summed E-state index contributed by atoms with van der Waals surface area (Å²) in [6.07, 6.45) is 0.128. The highest BCUT2D eigenvalue weighted by molar-refractivity contribution is 6.32. The minimum atomic E-state index is -1.04. The third kappa shape index (κ3) is 4.49. The van der Waals surface area contributed by atoms with Gasteiger partial charge >= 0.3 is 5.97 Å². The lowest BCUT2D eigenvalue weighted by Crippen LogP contribution is -2.15. The van der Waals surface area contributed by atoms with Crippen LogP contribution in [0.2, 0.25) is 5.02 Å². The summed E-state index contributed by atoms with van der Waals surface area (Å²) in [6.45, 7) is 0.175. The normalized spacial score (nSPS) is 10.0. The number of halogens is 1. The Bertz CT molecular complexity index is 687. The molecule has 5 nitrogen and oxygen atoms in total. The van der Waals surface area contributed by atoms with E-state index in [0.717, 1.165) is 0 Å². The summed E-state index contributed by atoms with van der Waals surface area (Å²) < 4.78 is 5.42. The van der Waals surface area contributed by atoms with E-state index in [0.29, 0.717) is 16.5 Å². The number of amides is 1. The number of carboxylic acids is 1. The molecule has 1 amide bonds. The average molecular weight is 320 g/mol. The Balaban J connectivity index is 1.84. The molecule has 0 saturated heterocycles. The first-order valence-corrected chi connectivity index (χ1v) is 6.94. The molecule has 0 unspecified atom stereocenters. The fourth-order valence-electron chi connectivity index (χ4n) is 1.77. The van der Waals surface area contributed by atoms with Crippen LogP contribution in [-0.4, -0.2) is 23.6 Å². The zero-order valence-electron chi connectivity index (χ0n) is 11.6. The van der Waals surface area contributed by atoms with Gasteiger partial charge in [0.2, 0.25) is 5.91 Å². The van der Waals surface area contributed by atoms with Gasteiger partial charge in [-0.05, 0) is 30.3 Å². The molecule has 0 aliphatic heterocycles. The number of anilines is 1. The Labute approximate surface area is 132 Å². The van der Waals surface area contributed by atoms with E-state index in [9.17, 15) is 9.59 Å². The lowest BCUT2D eigenvalue weighted by atomic mass is 10.2. The highest BCUT2D eigenvalue weighted by Gasteiger charge is 2.07. The van der Waals surface area contributed by atoms with Crippen LogP contribution < -0.4 is 10.1 Å².